The minimum absolute atomic E-state index is 0.253. The number of hydrogen-bond acceptors (Lipinski definition) is 4. The Morgan fingerprint density at radius 1 is 1.32 bits per heavy atom. The summed E-state index contributed by atoms with van der Waals surface area (Å²) in [6, 6.07) is 6.32. The van der Waals surface area contributed by atoms with Crippen molar-refractivity contribution >= 4 is 51.4 Å². The van der Waals surface area contributed by atoms with Crippen LogP contribution in [0.5, 0.6) is 5.75 Å². The predicted octanol–water partition coefficient (Wildman–Crippen LogP) is 3.48. The summed E-state index contributed by atoms with van der Waals surface area (Å²) in [5, 5.41) is 3.79. The first-order valence-corrected chi connectivity index (χ1v) is 7.72. The lowest BCUT2D eigenvalue weighted by molar-refractivity contribution is -0.118. The molecule has 0 fully saturated rings. The molecule has 2 aromatic rings. The standard InChI is InChI=1S/C14H12Cl2N2O3S/c1-7-4-9(13(17)20)14(22-7)18-12(19)6-21-11-3-2-8(15)5-10(11)16/h2-5H,6H2,1H3,(H2,17,20)(H,18,19). The predicted molar refractivity (Wildman–Crippen MR) is 88.2 cm³/mol. The van der Waals surface area contributed by atoms with Crippen molar-refractivity contribution in [1.29, 1.82) is 0 Å². The third-order valence-electron chi connectivity index (χ3n) is 2.63. The molecule has 0 saturated heterocycles. The van der Waals surface area contributed by atoms with Gasteiger partial charge in [0.2, 0.25) is 0 Å². The number of anilines is 1. The van der Waals surface area contributed by atoms with E-state index in [-0.39, 0.29) is 12.2 Å². The zero-order valence-electron chi connectivity index (χ0n) is 11.5. The summed E-state index contributed by atoms with van der Waals surface area (Å²) in [7, 11) is 0. The van der Waals surface area contributed by atoms with Crippen LogP contribution < -0.4 is 15.8 Å². The highest BCUT2D eigenvalue weighted by Gasteiger charge is 2.15. The summed E-state index contributed by atoms with van der Waals surface area (Å²) in [5.41, 5.74) is 5.54. The Bertz CT molecular complexity index is 731. The summed E-state index contributed by atoms with van der Waals surface area (Å²) >= 11 is 13.0. The SMILES string of the molecule is Cc1cc(C(N)=O)c(NC(=O)COc2ccc(Cl)cc2Cl)s1. The Morgan fingerprint density at radius 3 is 2.68 bits per heavy atom. The lowest BCUT2D eigenvalue weighted by Gasteiger charge is -2.08. The van der Waals surface area contributed by atoms with Gasteiger partial charge in [0.15, 0.2) is 6.61 Å². The Labute approximate surface area is 141 Å². The van der Waals surface area contributed by atoms with E-state index in [0.717, 1.165) is 4.88 Å². The molecule has 8 heteroatoms. The van der Waals surface area contributed by atoms with Gasteiger partial charge in [-0.25, -0.2) is 0 Å². The van der Waals surface area contributed by atoms with Crippen LogP contribution in [0.4, 0.5) is 5.00 Å². The van der Waals surface area contributed by atoms with Crippen LogP contribution in [-0.2, 0) is 4.79 Å². The first-order chi connectivity index (χ1) is 10.4. The first-order valence-electron chi connectivity index (χ1n) is 6.14. The fourth-order valence-corrected chi connectivity index (χ4v) is 3.08. The molecule has 22 heavy (non-hydrogen) atoms. The molecular weight excluding hydrogens is 347 g/mol. The number of aryl methyl sites for hydroxylation is 1. The van der Waals surface area contributed by atoms with Crippen LogP contribution in [0.3, 0.4) is 0 Å². The van der Waals surface area contributed by atoms with Crippen LogP contribution in [-0.4, -0.2) is 18.4 Å². The number of ether oxygens (including phenoxy) is 1. The highest BCUT2D eigenvalue weighted by atomic mass is 35.5. The van der Waals surface area contributed by atoms with Crippen molar-refractivity contribution in [3.8, 4) is 5.75 Å². The molecule has 0 saturated carbocycles. The fraction of sp³-hybridized carbons (Fsp3) is 0.143. The van der Waals surface area contributed by atoms with Gasteiger partial charge in [0.1, 0.15) is 10.8 Å². The summed E-state index contributed by atoms with van der Waals surface area (Å²) < 4.78 is 5.32. The second kappa shape index (κ2) is 7.00. The van der Waals surface area contributed by atoms with Crippen LogP contribution in [0.1, 0.15) is 15.2 Å². The third kappa shape index (κ3) is 4.13. The first kappa shape index (κ1) is 16.6. The smallest absolute Gasteiger partial charge is 0.262 e. The van der Waals surface area contributed by atoms with Gasteiger partial charge in [0.05, 0.1) is 10.6 Å². The third-order valence-corrected chi connectivity index (χ3v) is 4.12. The quantitative estimate of drug-likeness (QED) is 0.858. The van der Waals surface area contributed by atoms with E-state index < -0.39 is 11.8 Å². The number of carbonyl (C=O) groups is 2. The summed E-state index contributed by atoms with van der Waals surface area (Å²) in [4.78, 5) is 24.1. The van der Waals surface area contributed by atoms with Crippen molar-refractivity contribution < 1.29 is 14.3 Å². The molecule has 0 aliphatic carbocycles. The van der Waals surface area contributed by atoms with E-state index in [4.69, 9.17) is 33.7 Å². The van der Waals surface area contributed by atoms with Crippen LogP contribution in [0.25, 0.3) is 0 Å². The van der Waals surface area contributed by atoms with Gasteiger partial charge in [0, 0.05) is 9.90 Å². The molecule has 2 amide bonds. The molecule has 1 heterocycles. The fourth-order valence-electron chi connectivity index (χ4n) is 1.69. The van der Waals surface area contributed by atoms with Gasteiger partial charge < -0.3 is 15.8 Å². The number of benzene rings is 1. The van der Waals surface area contributed by atoms with Crippen molar-refractivity contribution in [2.45, 2.75) is 6.92 Å². The summed E-state index contributed by atoms with van der Waals surface area (Å²) in [5.74, 6) is -0.671. The van der Waals surface area contributed by atoms with E-state index in [9.17, 15) is 9.59 Å². The minimum Gasteiger partial charge on any atom is -0.482 e. The largest absolute Gasteiger partial charge is 0.482 e. The number of carbonyl (C=O) groups excluding carboxylic acids is 2. The number of amides is 2. The molecule has 1 aromatic carbocycles. The van der Waals surface area contributed by atoms with E-state index in [1.54, 1.807) is 18.2 Å². The van der Waals surface area contributed by atoms with Gasteiger partial charge in [0.25, 0.3) is 11.8 Å². The zero-order chi connectivity index (χ0) is 16.3. The maximum Gasteiger partial charge on any atom is 0.262 e. The average molecular weight is 359 g/mol. The molecule has 0 aliphatic heterocycles. The molecule has 5 nitrogen and oxygen atoms in total. The van der Waals surface area contributed by atoms with Crippen molar-refractivity contribution in [2.24, 2.45) is 5.73 Å². The van der Waals surface area contributed by atoms with Gasteiger partial charge in [-0.2, -0.15) is 0 Å². The molecule has 0 radical (unpaired) electrons. The lowest BCUT2D eigenvalue weighted by atomic mass is 10.3. The number of nitrogens with one attached hydrogen (secondary N) is 1. The monoisotopic (exact) mass is 358 g/mol. The maximum absolute atomic E-state index is 11.9. The molecule has 0 unspecified atom stereocenters. The molecule has 3 N–H and O–H groups in total. The van der Waals surface area contributed by atoms with Crippen molar-refractivity contribution in [3.63, 3.8) is 0 Å². The summed E-state index contributed by atoms with van der Waals surface area (Å²) in [6.45, 7) is 1.56. The van der Waals surface area contributed by atoms with E-state index in [1.165, 1.54) is 17.4 Å². The molecule has 0 aliphatic rings. The topological polar surface area (TPSA) is 81.4 Å². The molecule has 0 spiro atoms. The number of halogens is 2. The molecular formula is C14H12Cl2N2O3S. The number of primary amides is 1. The number of nitrogens with two attached hydrogens (primary N) is 1. The Kier molecular flexibility index (Phi) is 5.28. The second-order valence-corrected chi connectivity index (χ2v) is 6.48. The van der Waals surface area contributed by atoms with E-state index in [0.29, 0.717) is 20.8 Å². The Balaban J connectivity index is 2.00. The molecule has 0 bridgehead atoms. The highest BCUT2D eigenvalue weighted by molar-refractivity contribution is 7.16. The number of hydrogen-bond donors (Lipinski definition) is 2. The van der Waals surface area contributed by atoms with Crippen molar-refractivity contribution in [3.05, 3.63) is 44.8 Å². The van der Waals surface area contributed by atoms with E-state index >= 15 is 0 Å². The van der Waals surface area contributed by atoms with E-state index in [2.05, 4.69) is 5.32 Å². The van der Waals surface area contributed by atoms with Crippen molar-refractivity contribution in [1.82, 2.24) is 0 Å². The number of rotatable bonds is 5. The van der Waals surface area contributed by atoms with Gasteiger partial charge in [-0.1, -0.05) is 23.2 Å². The van der Waals surface area contributed by atoms with Crippen molar-refractivity contribution in [2.75, 3.05) is 11.9 Å². The van der Waals surface area contributed by atoms with Gasteiger partial charge in [-0.05, 0) is 31.2 Å². The normalized spacial score (nSPS) is 10.3. The van der Waals surface area contributed by atoms with Gasteiger partial charge >= 0.3 is 0 Å². The van der Waals surface area contributed by atoms with Crippen LogP contribution in [0, 0.1) is 6.92 Å². The summed E-state index contributed by atoms with van der Waals surface area (Å²) in [6.07, 6.45) is 0. The Hall–Kier alpha value is -1.76. The highest BCUT2D eigenvalue weighted by Crippen LogP contribution is 2.28. The minimum atomic E-state index is -0.596. The maximum atomic E-state index is 11.9. The second-order valence-electron chi connectivity index (χ2n) is 4.38. The van der Waals surface area contributed by atoms with Gasteiger partial charge in [-0.15, -0.1) is 11.3 Å². The lowest BCUT2D eigenvalue weighted by Crippen LogP contribution is -2.21. The molecule has 1 aromatic heterocycles. The van der Waals surface area contributed by atoms with Crippen LogP contribution >= 0.6 is 34.5 Å². The number of thiophene rings is 1. The van der Waals surface area contributed by atoms with Gasteiger partial charge in [-0.3, -0.25) is 9.59 Å². The van der Waals surface area contributed by atoms with Crippen LogP contribution in [0.2, 0.25) is 10.0 Å². The zero-order valence-corrected chi connectivity index (χ0v) is 13.8. The molecule has 0 atom stereocenters. The Morgan fingerprint density at radius 2 is 2.05 bits per heavy atom. The molecule has 2 rings (SSSR count). The van der Waals surface area contributed by atoms with Crippen LogP contribution in [0.15, 0.2) is 24.3 Å². The molecule has 116 valence electrons. The average Bonchev–Trinajstić information content (AvgIpc) is 2.78. The van der Waals surface area contributed by atoms with E-state index in [1.807, 2.05) is 6.92 Å².